The average molecular weight is 446 g/mol. The normalized spacial score (nSPS) is 18.1. The number of carbonyl (C=O) groups excluding carboxylic acids is 2. The Balaban J connectivity index is 1.58. The number of benzene rings is 2. The Labute approximate surface area is 182 Å². The van der Waals surface area contributed by atoms with Crippen molar-refractivity contribution in [2.45, 2.75) is 30.7 Å². The standard InChI is InChI=1S/C22H27N3O5S/c1-16(21(26)24-18-10-12-19(30-2)13-11-18)23-22(27)17-7-6-14-25(15-17)31(28,29)20-8-4-3-5-9-20/h3-5,8-13,16-17H,6-7,14-15H2,1-2H3,(H,23,27)(H,24,26)/t16-,17+/m0/s1. The highest BCUT2D eigenvalue weighted by molar-refractivity contribution is 7.89. The molecule has 0 bridgehead atoms. The molecular weight excluding hydrogens is 418 g/mol. The van der Waals surface area contributed by atoms with E-state index in [1.165, 1.54) is 4.31 Å². The van der Waals surface area contributed by atoms with E-state index in [1.54, 1.807) is 68.6 Å². The van der Waals surface area contributed by atoms with Gasteiger partial charge in [-0.15, -0.1) is 0 Å². The largest absolute Gasteiger partial charge is 0.497 e. The molecule has 0 unspecified atom stereocenters. The minimum absolute atomic E-state index is 0.0931. The van der Waals surface area contributed by atoms with Crippen LogP contribution in [-0.4, -0.2) is 50.8 Å². The van der Waals surface area contributed by atoms with Crippen LogP contribution in [0.3, 0.4) is 0 Å². The van der Waals surface area contributed by atoms with Gasteiger partial charge >= 0.3 is 0 Å². The van der Waals surface area contributed by atoms with E-state index in [-0.39, 0.29) is 23.3 Å². The van der Waals surface area contributed by atoms with Gasteiger partial charge in [0, 0.05) is 18.8 Å². The zero-order chi connectivity index (χ0) is 22.4. The Kier molecular flexibility index (Phi) is 7.29. The molecule has 0 radical (unpaired) electrons. The number of methoxy groups -OCH3 is 1. The number of hydrogen-bond donors (Lipinski definition) is 2. The third kappa shape index (κ3) is 5.62. The summed E-state index contributed by atoms with van der Waals surface area (Å²) < 4.78 is 32.1. The molecule has 2 aromatic rings. The number of hydrogen-bond acceptors (Lipinski definition) is 5. The first-order valence-electron chi connectivity index (χ1n) is 10.1. The van der Waals surface area contributed by atoms with Crippen molar-refractivity contribution in [2.75, 3.05) is 25.5 Å². The Morgan fingerprint density at radius 1 is 1.10 bits per heavy atom. The molecule has 3 rings (SSSR count). The minimum Gasteiger partial charge on any atom is -0.497 e. The van der Waals surface area contributed by atoms with E-state index < -0.39 is 22.0 Å². The SMILES string of the molecule is COc1ccc(NC(=O)[C@H](C)NC(=O)[C@@H]2CCCN(S(=O)(=O)c3ccccc3)C2)cc1. The van der Waals surface area contributed by atoms with Crippen LogP contribution < -0.4 is 15.4 Å². The van der Waals surface area contributed by atoms with Gasteiger partial charge in [0.1, 0.15) is 11.8 Å². The first-order chi connectivity index (χ1) is 14.8. The molecule has 2 amide bonds. The molecule has 31 heavy (non-hydrogen) atoms. The Morgan fingerprint density at radius 2 is 1.77 bits per heavy atom. The van der Waals surface area contributed by atoms with Crippen molar-refractivity contribution in [3.63, 3.8) is 0 Å². The van der Waals surface area contributed by atoms with Gasteiger partial charge in [0.05, 0.1) is 17.9 Å². The van der Waals surface area contributed by atoms with Crippen LogP contribution in [0.25, 0.3) is 0 Å². The molecule has 0 aliphatic carbocycles. The van der Waals surface area contributed by atoms with Crippen LogP contribution in [0.2, 0.25) is 0 Å². The van der Waals surface area contributed by atoms with E-state index in [0.717, 1.165) is 0 Å². The first-order valence-corrected chi connectivity index (χ1v) is 11.6. The van der Waals surface area contributed by atoms with Crippen molar-refractivity contribution in [1.82, 2.24) is 9.62 Å². The molecule has 0 aromatic heterocycles. The zero-order valence-corrected chi connectivity index (χ0v) is 18.4. The lowest BCUT2D eigenvalue weighted by Gasteiger charge is -2.31. The summed E-state index contributed by atoms with van der Waals surface area (Å²) in [5.74, 6) is -0.524. The summed E-state index contributed by atoms with van der Waals surface area (Å²) in [5, 5.41) is 5.45. The fraction of sp³-hybridized carbons (Fsp3) is 0.364. The summed E-state index contributed by atoms with van der Waals surface area (Å²) in [4.78, 5) is 25.4. The van der Waals surface area contributed by atoms with Crippen LogP contribution in [0, 0.1) is 5.92 Å². The molecule has 2 atom stereocenters. The van der Waals surface area contributed by atoms with Crippen molar-refractivity contribution in [3.8, 4) is 5.75 Å². The number of piperidine rings is 1. The van der Waals surface area contributed by atoms with Gasteiger partial charge in [0.15, 0.2) is 0 Å². The molecule has 1 fully saturated rings. The molecule has 2 N–H and O–H groups in total. The summed E-state index contributed by atoms with van der Waals surface area (Å²) in [6.45, 7) is 2.06. The molecule has 166 valence electrons. The van der Waals surface area contributed by atoms with E-state index >= 15 is 0 Å². The predicted octanol–water partition coefficient (Wildman–Crippen LogP) is 2.24. The summed E-state index contributed by atoms with van der Waals surface area (Å²) in [6, 6.07) is 14.3. The molecule has 2 aromatic carbocycles. The van der Waals surface area contributed by atoms with Crippen LogP contribution in [-0.2, 0) is 19.6 Å². The molecule has 1 aliphatic heterocycles. The number of nitrogens with one attached hydrogen (secondary N) is 2. The van der Waals surface area contributed by atoms with Crippen molar-refractivity contribution >= 4 is 27.5 Å². The maximum absolute atomic E-state index is 12.9. The van der Waals surface area contributed by atoms with Gasteiger partial charge in [-0.2, -0.15) is 4.31 Å². The number of ether oxygens (including phenoxy) is 1. The topological polar surface area (TPSA) is 105 Å². The first kappa shape index (κ1) is 22.8. The maximum atomic E-state index is 12.9. The summed E-state index contributed by atoms with van der Waals surface area (Å²) in [6.07, 6.45) is 1.15. The molecule has 1 heterocycles. The van der Waals surface area contributed by atoms with Crippen molar-refractivity contribution < 1.29 is 22.7 Å². The van der Waals surface area contributed by atoms with Gasteiger partial charge < -0.3 is 15.4 Å². The van der Waals surface area contributed by atoms with E-state index in [1.807, 2.05) is 0 Å². The van der Waals surface area contributed by atoms with E-state index in [9.17, 15) is 18.0 Å². The van der Waals surface area contributed by atoms with Crippen LogP contribution in [0.1, 0.15) is 19.8 Å². The van der Waals surface area contributed by atoms with E-state index in [0.29, 0.717) is 30.8 Å². The van der Waals surface area contributed by atoms with Crippen molar-refractivity contribution in [2.24, 2.45) is 5.92 Å². The Bertz CT molecular complexity index is 1010. The van der Waals surface area contributed by atoms with Crippen LogP contribution in [0.4, 0.5) is 5.69 Å². The molecule has 0 saturated carbocycles. The molecule has 1 saturated heterocycles. The lowest BCUT2D eigenvalue weighted by molar-refractivity contribution is -0.129. The maximum Gasteiger partial charge on any atom is 0.246 e. The summed E-state index contributed by atoms with van der Waals surface area (Å²) in [7, 11) is -2.10. The molecule has 1 aliphatic rings. The third-order valence-corrected chi connectivity index (χ3v) is 7.12. The smallest absolute Gasteiger partial charge is 0.246 e. The van der Waals surface area contributed by atoms with Gasteiger partial charge in [-0.05, 0) is 56.2 Å². The van der Waals surface area contributed by atoms with Crippen LogP contribution >= 0.6 is 0 Å². The van der Waals surface area contributed by atoms with E-state index in [2.05, 4.69) is 10.6 Å². The number of rotatable bonds is 7. The van der Waals surface area contributed by atoms with Crippen molar-refractivity contribution in [1.29, 1.82) is 0 Å². The Hall–Kier alpha value is -2.91. The average Bonchev–Trinajstić information content (AvgIpc) is 2.80. The van der Waals surface area contributed by atoms with Crippen LogP contribution in [0.5, 0.6) is 5.75 Å². The third-order valence-electron chi connectivity index (χ3n) is 5.25. The second-order valence-corrected chi connectivity index (χ2v) is 9.40. The number of anilines is 1. The summed E-state index contributed by atoms with van der Waals surface area (Å²) in [5.41, 5.74) is 0.588. The van der Waals surface area contributed by atoms with Crippen molar-refractivity contribution in [3.05, 3.63) is 54.6 Å². The number of nitrogens with zero attached hydrogens (tertiary/aromatic N) is 1. The highest BCUT2D eigenvalue weighted by atomic mass is 32.2. The highest BCUT2D eigenvalue weighted by Crippen LogP contribution is 2.24. The number of carbonyl (C=O) groups is 2. The minimum atomic E-state index is -3.66. The van der Waals surface area contributed by atoms with Gasteiger partial charge in [-0.3, -0.25) is 9.59 Å². The fourth-order valence-electron chi connectivity index (χ4n) is 3.44. The lowest BCUT2D eigenvalue weighted by atomic mass is 9.98. The fourth-order valence-corrected chi connectivity index (χ4v) is 4.98. The van der Waals surface area contributed by atoms with E-state index in [4.69, 9.17) is 4.74 Å². The van der Waals surface area contributed by atoms with Gasteiger partial charge in [-0.25, -0.2) is 8.42 Å². The number of sulfonamides is 1. The number of amides is 2. The monoisotopic (exact) mass is 445 g/mol. The van der Waals surface area contributed by atoms with Gasteiger partial charge in [-0.1, -0.05) is 18.2 Å². The predicted molar refractivity (Wildman–Crippen MR) is 117 cm³/mol. The Morgan fingerprint density at radius 3 is 2.42 bits per heavy atom. The second-order valence-electron chi connectivity index (χ2n) is 7.46. The quantitative estimate of drug-likeness (QED) is 0.680. The lowest BCUT2D eigenvalue weighted by Crippen LogP contribution is -2.49. The highest BCUT2D eigenvalue weighted by Gasteiger charge is 2.34. The van der Waals surface area contributed by atoms with Gasteiger partial charge in [0.25, 0.3) is 0 Å². The van der Waals surface area contributed by atoms with Gasteiger partial charge in [0.2, 0.25) is 21.8 Å². The molecule has 8 nitrogen and oxygen atoms in total. The zero-order valence-electron chi connectivity index (χ0n) is 17.6. The molecular formula is C22H27N3O5S. The molecule has 0 spiro atoms. The van der Waals surface area contributed by atoms with Crippen LogP contribution in [0.15, 0.2) is 59.5 Å². The molecule has 9 heteroatoms. The second kappa shape index (κ2) is 9.93. The summed E-state index contributed by atoms with van der Waals surface area (Å²) >= 11 is 0.